The second-order valence-corrected chi connectivity index (χ2v) is 8.04. The van der Waals surface area contributed by atoms with Crippen molar-refractivity contribution in [3.05, 3.63) is 65.2 Å². The van der Waals surface area contributed by atoms with Crippen LogP contribution in [0, 0.1) is 12.8 Å². The van der Waals surface area contributed by atoms with Gasteiger partial charge < -0.3 is 15.0 Å². The summed E-state index contributed by atoms with van der Waals surface area (Å²) in [5.74, 6) is 0.919. The molecule has 0 aromatic heterocycles. The highest BCUT2D eigenvalue weighted by molar-refractivity contribution is 5.88. The molecule has 5 nitrogen and oxygen atoms in total. The van der Waals surface area contributed by atoms with E-state index in [1.807, 2.05) is 62.4 Å². The van der Waals surface area contributed by atoms with Crippen molar-refractivity contribution in [2.75, 3.05) is 13.7 Å². The van der Waals surface area contributed by atoms with Gasteiger partial charge in [-0.25, -0.2) is 0 Å². The van der Waals surface area contributed by atoms with E-state index in [4.69, 9.17) is 4.74 Å². The lowest BCUT2D eigenvalue weighted by atomic mass is 10.0. The van der Waals surface area contributed by atoms with E-state index in [2.05, 4.69) is 19.2 Å². The largest absolute Gasteiger partial charge is 0.497 e. The molecule has 2 aromatic carbocycles. The van der Waals surface area contributed by atoms with Gasteiger partial charge in [-0.05, 0) is 48.1 Å². The number of benzene rings is 2. The lowest BCUT2D eigenvalue weighted by molar-refractivity contribution is -0.141. The summed E-state index contributed by atoms with van der Waals surface area (Å²) in [6.07, 6.45) is 0.817. The number of carbonyl (C=O) groups excluding carboxylic acids is 2. The smallest absolute Gasteiger partial charge is 0.242 e. The summed E-state index contributed by atoms with van der Waals surface area (Å²) in [5, 5.41) is 2.99. The Balaban J connectivity index is 2.30. The molecule has 162 valence electrons. The predicted molar refractivity (Wildman–Crippen MR) is 120 cm³/mol. The van der Waals surface area contributed by atoms with Crippen LogP contribution in [-0.4, -0.2) is 36.4 Å². The molecule has 0 aliphatic rings. The first-order valence-corrected chi connectivity index (χ1v) is 10.6. The molecule has 0 saturated carbocycles. The zero-order valence-corrected chi connectivity index (χ0v) is 18.8. The van der Waals surface area contributed by atoms with Crippen LogP contribution in [0.5, 0.6) is 5.75 Å². The standard InChI is InChI=1S/C25H34N2O3/c1-6-23(25(29)26-16-18(2)3)27(17-20-11-9-13-22(14-20)30-5)24(28)15-21-12-8-7-10-19(21)4/h7-14,18,23H,6,15-17H2,1-5H3,(H,26,29)/t23-/m0/s1. The molecule has 0 fully saturated rings. The van der Waals surface area contributed by atoms with Crippen LogP contribution in [0.15, 0.2) is 48.5 Å². The Morgan fingerprint density at radius 1 is 1.10 bits per heavy atom. The van der Waals surface area contributed by atoms with E-state index < -0.39 is 6.04 Å². The normalized spacial score (nSPS) is 11.8. The Bertz CT molecular complexity index is 848. The second kappa shape index (κ2) is 11.4. The van der Waals surface area contributed by atoms with Gasteiger partial charge in [-0.3, -0.25) is 9.59 Å². The van der Waals surface area contributed by atoms with Gasteiger partial charge in [0.25, 0.3) is 0 Å². The van der Waals surface area contributed by atoms with Crippen molar-refractivity contribution in [3.63, 3.8) is 0 Å². The molecule has 30 heavy (non-hydrogen) atoms. The first kappa shape index (κ1) is 23.5. The van der Waals surface area contributed by atoms with Crippen LogP contribution in [-0.2, 0) is 22.6 Å². The summed E-state index contributed by atoms with van der Waals surface area (Å²) < 4.78 is 5.32. The van der Waals surface area contributed by atoms with Gasteiger partial charge in [0.2, 0.25) is 11.8 Å². The SMILES string of the molecule is CC[C@@H](C(=O)NCC(C)C)N(Cc1cccc(OC)c1)C(=O)Cc1ccccc1C. The Labute approximate surface area is 180 Å². The fraction of sp³-hybridized carbons (Fsp3) is 0.440. The summed E-state index contributed by atoms with van der Waals surface area (Å²) in [4.78, 5) is 28.0. The molecule has 5 heteroatoms. The number of methoxy groups -OCH3 is 1. The maximum Gasteiger partial charge on any atom is 0.242 e. The molecule has 0 unspecified atom stereocenters. The van der Waals surface area contributed by atoms with Gasteiger partial charge in [0.15, 0.2) is 0 Å². The van der Waals surface area contributed by atoms with E-state index >= 15 is 0 Å². The van der Waals surface area contributed by atoms with Crippen LogP contribution in [0.3, 0.4) is 0 Å². The van der Waals surface area contributed by atoms with Crippen molar-refractivity contribution in [1.29, 1.82) is 0 Å². The molecule has 0 heterocycles. The van der Waals surface area contributed by atoms with Gasteiger partial charge in [-0.15, -0.1) is 0 Å². The maximum absolute atomic E-state index is 13.4. The van der Waals surface area contributed by atoms with Gasteiger partial charge in [-0.1, -0.05) is 57.2 Å². The average Bonchev–Trinajstić information content (AvgIpc) is 2.73. The summed E-state index contributed by atoms with van der Waals surface area (Å²) in [7, 11) is 1.62. The molecule has 0 saturated heterocycles. The minimum absolute atomic E-state index is 0.0568. The number of ether oxygens (including phenoxy) is 1. The molecule has 2 aromatic rings. The molecule has 1 N–H and O–H groups in total. The first-order chi connectivity index (χ1) is 14.3. The number of hydrogen-bond acceptors (Lipinski definition) is 3. The molecule has 2 rings (SSSR count). The second-order valence-electron chi connectivity index (χ2n) is 8.04. The Morgan fingerprint density at radius 3 is 2.47 bits per heavy atom. The summed E-state index contributed by atoms with van der Waals surface area (Å²) >= 11 is 0. The lowest BCUT2D eigenvalue weighted by Gasteiger charge is -2.31. The summed E-state index contributed by atoms with van der Waals surface area (Å²) in [6, 6.07) is 15.0. The highest BCUT2D eigenvalue weighted by atomic mass is 16.5. The number of amides is 2. The molecule has 2 amide bonds. The number of nitrogens with zero attached hydrogens (tertiary/aromatic N) is 1. The van der Waals surface area contributed by atoms with Gasteiger partial charge in [0.05, 0.1) is 13.5 Å². The Morgan fingerprint density at radius 2 is 1.83 bits per heavy atom. The van der Waals surface area contributed by atoms with Crippen molar-refractivity contribution in [2.45, 2.75) is 53.1 Å². The molecule has 0 aliphatic carbocycles. The summed E-state index contributed by atoms with van der Waals surface area (Å²) in [5.41, 5.74) is 2.99. The molecular formula is C25H34N2O3. The average molecular weight is 411 g/mol. The van der Waals surface area contributed by atoms with Crippen molar-refractivity contribution < 1.29 is 14.3 Å². The van der Waals surface area contributed by atoms with E-state index in [9.17, 15) is 9.59 Å². The van der Waals surface area contributed by atoms with Crippen LogP contribution >= 0.6 is 0 Å². The molecule has 0 spiro atoms. The molecular weight excluding hydrogens is 376 g/mol. The van der Waals surface area contributed by atoms with Gasteiger partial charge in [0.1, 0.15) is 11.8 Å². The van der Waals surface area contributed by atoms with E-state index in [-0.39, 0.29) is 18.2 Å². The van der Waals surface area contributed by atoms with Crippen molar-refractivity contribution >= 4 is 11.8 Å². The van der Waals surface area contributed by atoms with E-state index in [0.29, 0.717) is 25.4 Å². The molecule has 0 bridgehead atoms. The third-order valence-corrected chi connectivity index (χ3v) is 5.16. The lowest BCUT2D eigenvalue weighted by Crippen LogP contribution is -2.50. The van der Waals surface area contributed by atoms with Gasteiger partial charge in [0, 0.05) is 13.1 Å². The fourth-order valence-corrected chi connectivity index (χ4v) is 3.38. The zero-order valence-electron chi connectivity index (χ0n) is 18.8. The Kier molecular flexibility index (Phi) is 8.90. The third kappa shape index (κ3) is 6.61. The third-order valence-electron chi connectivity index (χ3n) is 5.16. The number of aryl methyl sites for hydroxylation is 1. The molecule has 0 aliphatic heterocycles. The van der Waals surface area contributed by atoms with Crippen LogP contribution in [0.2, 0.25) is 0 Å². The maximum atomic E-state index is 13.4. The highest BCUT2D eigenvalue weighted by Crippen LogP contribution is 2.19. The van der Waals surface area contributed by atoms with Crippen LogP contribution in [0.1, 0.15) is 43.9 Å². The fourth-order valence-electron chi connectivity index (χ4n) is 3.38. The van der Waals surface area contributed by atoms with Crippen molar-refractivity contribution in [3.8, 4) is 5.75 Å². The van der Waals surface area contributed by atoms with E-state index in [1.54, 1.807) is 12.0 Å². The number of carbonyl (C=O) groups is 2. The first-order valence-electron chi connectivity index (χ1n) is 10.6. The number of rotatable bonds is 10. The molecule has 1 atom stereocenters. The van der Waals surface area contributed by atoms with Gasteiger partial charge >= 0.3 is 0 Å². The molecule has 0 radical (unpaired) electrons. The summed E-state index contributed by atoms with van der Waals surface area (Å²) in [6.45, 7) is 9.00. The highest BCUT2D eigenvalue weighted by Gasteiger charge is 2.29. The topological polar surface area (TPSA) is 58.6 Å². The quantitative estimate of drug-likeness (QED) is 0.641. The van der Waals surface area contributed by atoms with E-state index in [0.717, 1.165) is 22.4 Å². The minimum Gasteiger partial charge on any atom is -0.497 e. The van der Waals surface area contributed by atoms with Gasteiger partial charge in [-0.2, -0.15) is 0 Å². The number of nitrogens with one attached hydrogen (secondary N) is 1. The van der Waals surface area contributed by atoms with Crippen LogP contribution in [0.4, 0.5) is 0 Å². The van der Waals surface area contributed by atoms with Crippen molar-refractivity contribution in [1.82, 2.24) is 10.2 Å². The Hall–Kier alpha value is -2.82. The number of hydrogen-bond donors (Lipinski definition) is 1. The monoisotopic (exact) mass is 410 g/mol. The zero-order chi connectivity index (χ0) is 22.1. The van der Waals surface area contributed by atoms with Crippen LogP contribution < -0.4 is 10.1 Å². The predicted octanol–water partition coefficient (Wildman–Crippen LogP) is 4.13. The minimum atomic E-state index is -0.522. The van der Waals surface area contributed by atoms with Crippen LogP contribution in [0.25, 0.3) is 0 Å². The van der Waals surface area contributed by atoms with E-state index in [1.165, 1.54) is 0 Å². The van der Waals surface area contributed by atoms with Crippen molar-refractivity contribution in [2.24, 2.45) is 5.92 Å².